The summed E-state index contributed by atoms with van der Waals surface area (Å²) >= 11 is 0. The third-order valence-corrected chi connectivity index (χ3v) is 2.57. The summed E-state index contributed by atoms with van der Waals surface area (Å²) in [4.78, 5) is 27.0. The van der Waals surface area contributed by atoms with Crippen LogP contribution in [0.5, 0.6) is 0 Å². The van der Waals surface area contributed by atoms with Crippen LogP contribution in [0, 0.1) is 16.5 Å². The number of aromatic nitrogens is 3. The third kappa shape index (κ3) is 3.77. The van der Waals surface area contributed by atoms with Crippen LogP contribution < -0.4 is 21.6 Å². The second-order valence-corrected chi connectivity index (χ2v) is 4.13. The number of hydrogen-bond donors (Lipinski definition) is 6. The number of H-pyrrole nitrogens is 1. The Morgan fingerprint density at radius 2 is 2.09 bits per heavy atom. The molecule has 2 amide bonds. The highest BCUT2D eigenvalue weighted by Gasteiger charge is 2.18. The van der Waals surface area contributed by atoms with E-state index in [0.29, 0.717) is 0 Å². The first kappa shape index (κ1) is 15.9. The lowest BCUT2D eigenvalue weighted by molar-refractivity contribution is -0.991. The molecule has 0 aliphatic rings. The van der Waals surface area contributed by atoms with Crippen molar-refractivity contribution in [2.45, 2.75) is 0 Å². The summed E-state index contributed by atoms with van der Waals surface area (Å²) in [6, 6.07) is 5.20. The normalized spacial score (nSPS) is 11.3. The molecule has 0 saturated heterocycles. The molecule has 0 saturated carbocycles. The van der Waals surface area contributed by atoms with Gasteiger partial charge in [-0.05, 0) is 6.07 Å². The predicted octanol–water partition coefficient (Wildman–Crippen LogP) is -1.76. The van der Waals surface area contributed by atoms with Crippen LogP contribution in [0.2, 0.25) is 0 Å². The Labute approximate surface area is 128 Å². The van der Waals surface area contributed by atoms with E-state index in [-0.39, 0.29) is 28.8 Å². The number of amides is 2. The van der Waals surface area contributed by atoms with Gasteiger partial charge >= 0.3 is 11.8 Å². The van der Waals surface area contributed by atoms with Crippen molar-refractivity contribution in [3.8, 4) is 6.07 Å². The molecule has 12 nitrogen and oxygen atoms in total. The van der Waals surface area contributed by atoms with Gasteiger partial charge in [0.1, 0.15) is 6.07 Å². The summed E-state index contributed by atoms with van der Waals surface area (Å²) in [5.74, 6) is -2.41. The number of nitrogens with one attached hydrogen (secondary N) is 4. The fraction of sp³-hybridized carbons (Fsp3) is 0. The average molecular weight is 318 g/mol. The lowest BCUT2D eigenvalue weighted by atomic mass is 10.1. The molecular formula is C11H10N8O4. The molecule has 7 N–H and O–H groups in total. The molecule has 1 unspecified atom stereocenters. The maximum absolute atomic E-state index is 11.8. The number of carbonyl (C=O) groups excluding carboxylic acids is 2. The van der Waals surface area contributed by atoms with Crippen LogP contribution in [-0.2, 0) is 9.59 Å². The first-order valence-corrected chi connectivity index (χ1v) is 5.98. The zero-order valence-electron chi connectivity index (χ0n) is 11.3. The molecule has 0 fully saturated rings. The van der Waals surface area contributed by atoms with Gasteiger partial charge in [0.05, 0.1) is 11.3 Å². The fourth-order valence-electron chi connectivity index (χ4n) is 1.55. The monoisotopic (exact) mass is 318 g/mol. The summed E-state index contributed by atoms with van der Waals surface area (Å²) < 4.78 is 0. The van der Waals surface area contributed by atoms with E-state index >= 15 is 0 Å². The van der Waals surface area contributed by atoms with Gasteiger partial charge in [-0.3, -0.25) is 14.9 Å². The highest BCUT2D eigenvalue weighted by atomic mass is 16.8. The Balaban J connectivity index is 2.10. The van der Waals surface area contributed by atoms with Gasteiger partial charge in [-0.25, -0.2) is 10.3 Å². The quantitative estimate of drug-likeness (QED) is 0.282. The number of aromatic amines is 1. The smallest absolute Gasteiger partial charge is 0.316 e. The van der Waals surface area contributed by atoms with Crippen LogP contribution in [-0.4, -0.2) is 32.2 Å². The van der Waals surface area contributed by atoms with Crippen molar-refractivity contribution < 1.29 is 20.0 Å². The van der Waals surface area contributed by atoms with Crippen molar-refractivity contribution in [2.24, 2.45) is 0 Å². The SMILES string of the molecule is N#Cc1cc([NH+]([O-])O)ccc1NC(=O)C(=O)Nc1n[nH]c(N)n1. The van der Waals surface area contributed by atoms with E-state index in [9.17, 15) is 14.8 Å². The molecule has 23 heavy (non-hydrogen) atoms. The highest BCUT2D eigenvalue weighted by molar-refractivity contribution is 6.43. The minimum Gasteiger partial charge on any atom is -0.595 e. The summed E-state index contributed by atoms with van der Waals surface area (Å²) in [6.07, 6.45) is 0. The van der Waals surface area contributed by atoms with E-state index in [4.69, 9.17) is 16.2 Å². The van der Waals surface area contributed by atoms with Gasteiger partial charge in [0, 0.05) is 12.1 Å². The average Bonchev–Trinajstić information content (AvgIpc) is 2.92. The molecule has 0 aliphatic carbocycles. The summed E-state index contributed by atoms with van der Waals surface area (Å²) in [7, 11) is 0. The van der Waals surface area contributed by atoms with E-state index in [2.05, 4.69) is 25.8 Å². The standard InChI is InChI=1S/C11H10N8O4/c12-4-5-3-6(19(22)23)1-2-7(5)14-8(20)9(21)15-11-16-10(13)17-18-11/h1-3,19,22H,(H,14,20)(H4,13,15,16,17,18,21). The van der Waals surface area contributed by atoms with Crippen LogP contribution in [0.25, 0.3) is 0 Å². The zero-order valence-corrected chi connectivity index (χ0v) is 11.3. The van der Waals surface area contributed by atoms with Gasteiger partial charge in [0.2, 0.25) is 5.95 Å². The Hall–Kier alpha value is -3.53. The molecule has 12 heteroatoms. The van der Waals surface area contributed by atoms with Crippen LogP contribution in [0.15, 0.2) is 18.2 Å². The van der Waals surface area contributed by atoms with Gasteiger partial charge in [0.25, 0.3) is 5.95 Å². The lowest BCUT2D eigenvalue weighted by Crippen LogP contribution is -2.99. The van der Waals surface area contributed by atoms with E-state index in [1.165, 1.54) is 12.1 Å². The minimum atomic E-state index is -1.22. The third-order valence-electron chi connectivity index (χ3n) is 2.57. The lowest BCUT2D eigenvalue weighted by Gasteiger charge is -2.13. The predicted molar refractivity (Wildman–Crippen MR) is 75.0 cm³/mol. The van der Waals surface area contributed by atoms with E-state index < -0.39 is 17.0 Å². The number of benzene rings is 1. The largest absolute Gasteiger partial charge is 0.595 e. The molecule has 118 valence electrons. The first-order chi connectivity index (χ1) is 10.9. The van der Waals surface area contributed by atoms with Crippen LogP contribution in [0.4, 0.5) is 23.3 Å². The summed E-state index contributed by atoms with van der Waals surface area (Å²) in [5, 5.41) is 37.5. The molecule has 0 radical (unpaired) electrons. The molecule has 0 bridgehead atoms. The van der Waals surface area contributed by atoms with Crippen molar-refractivity contribution in [1.29, 1.82) is 5.26 Å². The Morgan fingerprint density at radius 1 is 1.39 bits per heavy atom. The first-order valence-electron chi connectivity index (χ1n) is 5.98. The van der Waals surface area contributed by atoms with Crippen LogP contribution >= 0.6 is 0 Å². The maximum atomic E-state index is 11.8. The number of nitriles is 1. The molecule has 0 aliphatic heterocycles. The molecule has 1 aromatic carbocycles. The van der Waals surface area contributed by atoms with Crippen molar-refractivity contribution in [1.82, 2.24) is 15.2 Å². The molecule has 1 atom stereocenters. The number of quaternary nitrogens is 1. The minimum absolute atomic E-state index is 0.00727. The number of hydrogen-bond acceptors (Lipinski definition) is 8. The zero-order chi connectivity index (χ0) is 17.0. The Kier molecular flexibility index (Phi) is 4.47. The number of carbonyl (C=O) groups is 2. The molecular weight excluding hydrogens is 308 g/mol. The molecule has 1 heterocycles. The molecule has 1 aromatic heterocycles. The topological polar surface area (TPSA) is 197 Å². The van der Waals surface area contributed by atoms with E-state index in [1.54, 1.807) is 6.07 Å². The van der Waals surface area contributed by atoms with Gasteiger partial charge in [0.15, 0.2) is 5.69 Å². The second-order valence-electron chi connectivity index (χ2n) is 4.13. The van der Waals surface area contributed by atoms with E-state index in [1.807, 2.05) is 0 Å². The summed E-state index contributed by atoms with van der Waals surface area (Å²) in [5.41, 5.74) is 5.03. The number of nitrogens with zero attached hydrogens (tertiary/aromatic N) is 3. The van der Waals surface area contributed by atoms with E-state index in [0.717, 1.165) is 6.07 Å². The van der Waals surface area contributed by atoms with Crippen LogP contribution in [0.3, 0.4) is 0 Å². The maximum Gasteiger partial charge on any atom is 0.316 e. The van der Waals surface area contributed by atoms with Crippen LogP contribution in [0.1, 0.15) is 5.56 Å². The number of anilines is 3. The van der Waals surface area contributed by atoms with Crippen molar-refractivity contribution in [3.63, 3.8) is 0 Å². The number of rotatable bonds is 3. The highest BCUT2D eigenvalue weighted by Crippen LogP contribution is 2.17. The van der Waals surface area contributed by atoms with Gasteiger partial charge in [-0.1, -0.05) is 0 Å². The summed E-state index contributed by atoms with van der Waals surface area (Å²) in [6.45, 7) is 0. The van der Waals surface area contributed by atoms with Crippen molar-refractivity contribution in [3.05, 3.63) is 29.0 Å². The number of nitrogen functional groups attached to an aromatic ring is 1. The number of nitrogens with two attached hydrogens (primary N) is 1. The van der Waals surface area contributed by atoms with Crippen molar-refractivity contribution in [2.75, 3.05) is 16.4 Å². The Bertz CT molecular complexity index is 794. The fourth-order valence-corrected chi connectivity index (χ4v) is 1.55. The molecule has 0 spiro atoms. The van der Waals surface area contributed by atoms with Crippen molar-refractivity contribution >= 4 is 35.1 Å². The molecule has 2 rings (SSSR count). The second kappa shape index (κ2) is 6.49. The molecule has 2 aromatic rings. The Morgan fingerprint density at radius 3 is 2.65 bits per heavy atom. The van der Waals surface area contributed by atoms with Gasteiger partial charge in [-0.15, -0.1) is 5.10 Å². The van der Waals surface area contributed by atoms with Gasteiger partial charge < -0.3 is 16.3 Å². The van der Waals surface area contributed by atoms with Gasteiger partial charge in [-0.2, -0.15) is 15.5 Å².